The van der Waals surface area contributed by atoms with Gasteiger partial charge in [-0.05, 0) is 24.1 Å². The van der Waals surface area contributed by atoms with Crippen molar-refractivity contribution in [1.29, 1.82) is 0 Å². The maximum Gasteiger partial charge on any atom is 0.225 e. The first-order valence-corrected chi connectivity index (χ1v) is 9.03. The molecule has 0 saturated carbocycles. The lowest BCUT2D eigenvalue weighted by Gasteiger charge is -2.20. The van der Waals surface area contributed by atoms with Gasteiger partial charge in [0.1, 0.15) is 5.82 Å². The predicted octanol–water partition coefficient (Wildman–Crippen LogP) is 1.81. The molecule has 1 atom stereocenters. The summed E-state index contributed by atoms with van der Waals surface area (Å²) in [5.41, 5.74) is 1.41. The van der Waals surface area contributed by atoms with Gasteiger partial charge in [-0.25, -0.2) is 4.39 Å². The fraction of sp³-hybridized carbons (Fsp3) is 0.579. The molecule has 0 aromatic heterocycles. The van der Waals surface area contributed by atoms with Gasteiger partial charge in [0.05, 0.1) is 5.69 Å². The quantitative estimate of drug-likeness (QED) is 0.619. The third-order valence-electron chi connectivity index (χ3n) is 4.51. The van der Waals surface area contributed by atoms with E-state index in [-0.39, 0.29) is 23.7 Å². The zero-order valence-electron chi connectivity index (χ0n) is 16.3. The minimum atomic E-state index is -0.240. The predicted molar refractivity (Wildman–Crippen MR) is 104 cm³/mol. The Balaban J connectivity index is 1.87. The number of amides is 1. The van der Waals surface area contributed by atoms with Gasteiger partial charge >= 0.3 is 0 Å². The van der Waals surface area contributed by atoms with Gasteiger partial charge in [0, 0.05) is 52.7 Å². The number of nitrogens with zero attached hydrogens (tertiary/aromatic N) is 3. The van der Waals surface area contributed by atoms with Crippen LogP contribution in [0.2, 0.25) is 0 Å². The number of benzene rings is 1. The summed E-state index contributed by atoms with van der Waals surface area (Å²) in [5, 5.41) is 6.56. The molecule has 1 heterocycles. The highest BCUT2D eigenvalue weighted by atomic mass is 19.1. The number of halogens is 1. The van der Waals surface area contributed by atoms with E-state index in [1.54, 1.807) is 18.0 Å². The van der Waals surface area contributed by atoms with Crippen LogP contribution in [0.1, 0.15) is 25.8 Å². The summed E-state index contributed by atoms with van der Waals surface area (Å²) in [6.45, 7) is 5.77. The molecule has 1 aromatic carbocycles. The highest BCUT2D eigenvalue weighted by Gasteiger charge is 2.27. The van der Waals surface area contributed by atoms with Crippen LogP contribution in [0.3, 0.4) is 0 Å². The van der Waals surface area contributed by atoms with Gasteiger partial charge in [0.15, 0.2) is 5.96 Å². The lowest BCUT2D eigenvalue weighted by atomic mass is 10.2. The zero-order chi connectivity index (χ0) is 19.3. The third kappa shape index (κ3) is 5.09. The number of guanidine groups is 1. The lowest BCUT2D eigenvalue weighted by molar-refractivity contribution is -0.133. The van der Waals surface area contributed by atoms with Crippen LogP contribution in [-0.2, 0) is 11.3 Å². The molecule has 1 aromatic rings. The first-order valence-electron chi connectivity index (χ1n) is 9.03. The average molecular weight is 363 g/mol. The van der Waals surface area contributed by atoms with E-state index in [1.165, 1.54) is 6.07 Å². The second-order valence-corrected chi connectivity index (χ2v) is 7.17. The molecule has 1 fully saturated rings. The number of rotatable bonds is 5. The van der Waals surface area contributed by atoms with E-state index in [2.05, 4.69) is 15.6 Å². The number of likely N-dealkylation sites (tertiary alicyclic amines) is 1. The van der Waals surface area contributed by atoms with Gasteiger partial charge in [-0.1, -0.05) is 19.9 Å². The van der Waals surface area contributed by atoms with Crippen LogP contribution in [0.15, 0.2) is 23.2 Å². The number of hydrogen-bond acceptors (Lipinski definition) is 3. The molecule has 6 nitrogen and oxygen atoms in total. The smallest absolute Gasteiger partial charge is 0.225 e. The van der Waals surface area contributed by atoms with E-state index in [0.29, 0.717) is 24.7 Å². The fourth-order valence-corrected chi connectivity index (χ4v) is 3.04. The number of aliphatic imine (C=N–C) groups is 1. The van der Waals surface area contributed by atoms with Crippen molar-refractivity contribution in [3.05, 3.63) is 29.6 Å². The van der Waals surface area contributed by atoms with Crippen LogP contribution in [-0.4, -0.2) is 57.0 Å². The maximum atomic E-state index is 14.1. The van der Waals surface area contributed by atoms with E-state index in [1.807, 2.05) is 38.9 Å². The number of nitrogens with one attached hydrogen (secondary N) is 2. The van der Waals surface area contributed by atoms with Gasteiger partial charge in [-0.3, -0.25) is 9.79 Å². The summed E-state index contributed by atoms with van der Waals surface area (Å²) in [6.07, 6.45) is 0.894. The molecule has 2 N–H and O–H groups in total. The van der Waals surface area contributed by atoms with Crippen LogP contribution in [0.25, 0.3) is 0 Å². The molecule has 0 spiro atoms. The number of carbonyl (C=O) groups excluding carboxylic acids is 1. The summed E-state index contributed by atoms with van der Waals surface area (Å²) >= 11 is 0. The van der Waals surface area contributed by atoms with Crippen molar-refractivity contribution in [2.75, 3.05) is 39.1 Å². The van der Waals surface area contributed by atoms with E-state index in [4.69, 9.17) is 0 Å². The molecule has 1 saturated heterocycles. The van der Waals surface area contributed by atoms with E-state index in [9.17, 15) is 9.18 Å². The monoisotopic (exact) mass is 363 g/mol. The van der Waals surface area contributed by atoms with E-state index < -0.39 is 0 Å². The Morgan fingerprint density at radius 3 is 2.73 bits per heavy atom. The van der Waals surface area contributed by atoms with Crippen LogP contribution in [0, 0.1) is 11.7 Å². The average Bonchev–Trinajstić information content (AvgIpc) is 3.05. The number of hydrogen-bond donors (Lipinski definition) is 2. The molecule has 144 valence electrons. The highest BCUT2D eigenvalue weighted by molar-refractivity contribution is 5.81. The number of carbonyl (C=O) groups is 1. The Kier molecular flexibility index (Phi) is 6.83. The molecule has 1 amide bonds. The Morgan fingerprint density at radius 1 is 1.42 bits per heavy atom. The molecule has 1 unspecified atom stereocenters. The maximum absolute atomic E-state index is 14.1. The molecule has 0 aliphatic carbocycles. The van der Waals surface area contributed by atoms with Crippen molar-refractivity contribution in [3.63, 3.8) is 0 Å². The molecule has 0 radical (unpaired) electrons. The Labute approximate surface area is 155 Å². The standard InChI is InChI=1S/C19H30FN5O/c1-13(2)18(26)25-9-8-15(12-25)23-19(21-3)22-11-14-6-7-17(24(4)5)16(20)10-14/h6-7,10,13,15H,8-9,11-12H2,1-5H3,(H2,21,22,23). The molecule has 7 heteroatoms. The Hall–Kier alpha value is -2.31. The second kappa shape index (κ2) is 8.87. The molecule has 1 aliphatic rings. The van der Waals surface area contributed by atoms with Crippen molar-refractivity contribution in [2.24, 2.45) is 10.9 Å². The van der Waals surface area contributed by atoms with Crippen molar-refractivity contribution in [2.45, 2.75) is 32.9 Å². The van der Waals surface area contributed by atoms with E-state index >= 15 is 0 Å². The van der Waals surface area contributed by atoms with Crippen molar-refractivity contribution in [3.8, 4) is 0 Å². The third-order valence-corrected chi connectivity index (χ3v) is 4.51. The minimum absolute atomic E-state index is 0.0196. The summed E-state index contributed by atoms with van der Waals surface area (Å²) < 4.78 is 14.1. The second-order valence-electron chi connectivity index (χ2n) is 7.17. The van der Waals surface area contributed by atoms with Gasteiger partial charge in [0.25, 0.3) is 0 Å². The summed E-state index contributed by atoms with van der Waals surface area (Å²) in [7, 11) is 5.34. The SMILES string of the molecule is CN=C(NCc1ccc(N(C)C)c(F)c1)NC1CCN(C(=O)C(C)C)C1. The lowest BCUT2D eigenvalue weighted by Crippen LogP contribution is -2.45. The first kappa shape index (κ1) is 20.0. The fourth-order valence-electron chi connectivity index (χ4n) is 3.04. The molecule has 1 aliphatic heterocycles. The Bertz CT molecular complexity index is 659. The van der Waals surface area contributed by atoms with Crippen molar-refractivity contribution >= 4 is 17.6 Å². The van der Waals surface area contributed by atoms with Crippen molar-refractivity contribution in [1.82, 2.24) is 15.5 Å². The van der Waals surface area contributed by atoms with Crippen LogP contribution in [0.4, 0.5) is 10.1 Å². The normalized spacial score (nSPS) is 17.6. The molecular formula is C19H30FN5O. The minimum Gasteiger partial charge on any atom is -0.375 e. The first-order chi connectivity index (χ1) is 12.3. The summed E-state index contributed by atoms with van der Waals surface area (Å²) in [6, 6.07) is 5.39. The molecule has 26 heavy (non-hydrogen) atoms. The summed E-state index contributed by atoms with van der Waals surface area (Å²) in [4.78, 5) is 19.9. The van der Waals surface area contributed by atoms with Crippen LogP contribution >= 0.6 is 0 Å². The largest absolute Gasteiger partial charge is 0.375 e. The van der Waals surface area contributed by atoms with Gasteiger partial charge in [-0.15, -0.1) is 0 Å². The van der Waals surface area contributed by atoms with Crippen molar-refractivity contribution < 1.29 is 9.18 Å². The zero-order valence-corrected chi connectivity index (χ0v) is 16.3. The molecular weight excluding hydrogens is 333 g/mol. The molecule has 2 rings (SSSR count). The van der Waals surface area contributed by atoms with Crippen LogP contribution in [0.5, 0.6) is 0 Å². The van der Waals surface area contributed by atoms with Crippen LogP contribution < -0.4 is 15.5 Å². The number of anilines is 1. The topological polar surface area (TPSA) is 60.0 Å². The highest BCUT2D eigenvalue weighted by Crippen LogP contribution is 2.18. The molecule has 0 bridgehead atoms. The Morgan fingerprint density at radius 2 is 2.15 bits per heavy atom. The van der Waals surface area contributed by atoms with Gasteiger partial charge in [0.2, 0.25) is 5.91 Å². The van der Waals surface area contributed by atoms with Gasteiger partial charge < -0.3 is 20.4 Å². The van der Waals surface area contributed by atoms with E-state index in [0.717, 1.165) is 18.5 Å². The summed E-state index contributed by atoms with van der Waals surface area (Å²) in [5.74, 6) is 0.627. The van der Waals surface area contributed by atoms with Gasteiger partial charge in [-0.2, -0.15) is 0 Å².